The molecule has 0 bridgehead atoms. The average molecular weight is 273 g/mol. The summed E-state index contributed by atoms with van der Waals surface area (Å²) in [7, 11) is 1.78. The zero-order valence-electron chi connectivity index (χ0n) is 11.9. The standard InChI is InChI=1S/C15H19N3O2/c1-3-4-9-20-14-7-5-12(6-8-14)15(19)10-13-11-18(2)17-16-13/h5-8,11H,3-4,9-10H2,1-2H3. The van der Waals surface area contributed by atoms with Gasteiger partial charge in [0.25, 0.3) is 0 Å². The highest BCUT2D eigenvalue weighted by Gasteiger charge is 2.09. The van der Waals surface area contributed by atoms with Crippen molar-refractivity contribution in [3.8, 4) is 5.75 Å². The third-order valence-electron chi connectivity index (χ3n) is 2.93. The lowest BCUT2D eigenvalue weighted by Gasteiger charge is -2.05. The van der Waals surface area contributed by atoms with Crippen LogP contribution in [-0.2, 0) is 13.5 Å². The van der Waals surface area contributed by atoms with E-state index in [4.69, 9.17) is 4.74 Å². The Balaban J connectivity index is 1.93. The van der Waals surface area contributed by atoms with Crippen LogP contribution >= 0.6 is 0 Å². The van der Waals surface area contributed by atoms with Gasteiger partial charge in [-0.3, -0.25) is 9.48 Å². The molecule has 0 saturated heterocycles. The Bertz CT molecular complexity index is 561. The number of hydrogen-bond donors (Lipinski definition) is 0. The Labute approximate surface area is 118 Å². The molecule has 2 aromatic rings. The van der Waals surface area contributed by atoms with Crippen molar-refractivity contribution >= 4 is 5.78 Å². The first-order valence-corrected chi connectivity index (χ1v) is 6.80. The van der Waals surface area contributed by atoms with Gasteiger partial charge in [-0.1, -0.05) is 18.6 Å². The quantitative estimate of drug-likeness (QED) is 0.574. The zero-order valence-corrected chi connectivity index (χ0v) is 11.9. The highest BCUT2D eigenvalue weighted by atomic mass is 16.5. The van der Waals surface area contributed by atoms with Crippen molar-refractivity contribution in [1.82, 2.24) is 15.0 Å². The van der Waals surface area contributed by atoms with Gasteiger partial charge in [-0.15, -0.1) is 5.10 Å². The number of carbonyl (C=O) groups excluding carboxylic acids is 1. The number of nitrogens with zero attached hydrogens (tertiary/aromatic N) is 3. The van der Waals surface area contributed by atoms with E-state index in [0.717, 1.165) is 18.6 Å². The van der Waals surface area contributed by atoms with Crippen LogP contribution in [0.5, 0.6) is 5.75 Å². The van der Waals surface area contributed by atoms with Gasteiger partial charge in [-0.2, -0.15) is 0 Å². The number of hydrogen-bond acceptors (Lipinski definition) is 4. The van der Waals surface area contributed by atoms with Crippen molar-refractivity contribution in [2.45, 2.75) is 26.2 Å². The molecular weight excluding hydrogens is 254 g/mol. The van der Waals surface area contributed by atoms with Gasteiger partial charge >= 0.3 is 0 Å². The molecule has 2 rings (SSSR count). The molecular formula is C15H19N3O2. The molecule has 0 saturated carbocycles. The van der Waals surface area contributed by atoms with Crippen LogP contribution in [0, 0.1) is 0 Å². The Hall–Kier alpha value is -2.17. The van der Waals surface area contributed by atoms with Crippen LogP contribution < -0.4 is 4.74 Å². The SMILES string of the molecule is CCCCOc1ccc(C(=O)Cc2cn(C)nn2)cc1. The van der Waals surface area contributed by atoms with E-state index in [2.05, 4.69) is 17.2 Å². The molecule has 0 aliphatic heterocycles. The second-order valence-electron chi connectivity index (χ2n) is 4.71. The van der Waals surface area contributed by atoms with Crippen LogP contribution in [0.25, 0.3) is 0 Å². The molecule has 0 aliphatic carbocycles. The van der Waals surface area contributed by atoms with Crippen LogP contribution in [0.15, 0.2) is 30.5 Å². The fourth-order valence-electron chi connectivity index (χ4n) is 1.81. The third-order valence-corrected chi connectivity index (χ3v) is 2.93. The molecule has 1 heterocycles. The minimum absolute atomic E-state index is 0.0330. The number of unbranched alkanes of at least 4 members (excludes halogenated alkanes) is 1. The summed E-state index contributed by atoms with van der Waals surface area (Å²) in [4.78, 5) is 12.1. The maximum Gasteiger partial charge on any atom is 0.168 e. The van der Waals surface area contributed by atoms with Crippen molar-refractivity contribution in [1.29, 1.82) is 0 Å². The summed E-state index contributed by atoms with van der Waals surface area (Å²) in [6.07, 6.45) is 4.16. The van der Waals surface area contributed by atoms with Crippen molar-refractivity contribution in [2.75, 3.05) is 6.61 Å². The summed E-state index contributed by atoms with van der Waals surface area (Å²) >= 11 is 0. The van der Waals surface area contributed by atoms with E-state index in [1.54, 1.807) is 30.1 Å². The molecule has 0 fully saturated rings. The molecule has 20 heavy (non-hydrogen) atoms. The number of ether oxygens (including phenoxy) is 1. The average Bonchev–Trinajstić information content (AvgIpc) is 2.85. The van der Waals surface area contributed by atoms with Crippen molar-refractivity contribution < 1.29 is 9.53 Å². The first-order valence-electron chi connectivity index (χ1n) is 6.80. The molecule has 0 unspecified atom stereocenters. The number of Topliss-reactive ketones (excluding diaryl/α,β-unsaturated/α-hetero) is 1. The number of aryl methyl sites for hydroxylation is 1. The Morgan fingerprint density at radius 3 is 2.65 bits per heavy atom. The maximum absolute atomic E-state index is 12.1. The van der Waals surface area contributed by atoms with Crippen LogP contribution in [0.4, 0.5) is 0 Å². The smallest absolute Gasteiger partial charge is 0.168 e. The first kappa shape index (κ1) is 14.2. The Kier molecular flexibility index (Phi) is 4.87. The van der Waals surface area contributed by atoms with Gasteiger partial charge in [-0.05, 0) is 30.7 Å². The molecule has 0 spiro atoms. The number of aromatic nitrogens is 3. The molecule has 0 radical (unpaired) electrons. The van der Waals surface area contributed by atoms with Crippen LogP contribution in [-0.4, -0.2) is 27.4 Å². The van der Waals surface area contributed by atoms with Gasteiger partial charge in [0.1, 0.15) is 5.75 Å². The Morgan fingerprint density at radius 2 is 2.05 bits per heavy atom. The highest BCUT2D eigenvalue weighted by Crippen LogP contribution is 2.14. The monoisotopic (exact) mass is 273 g/mol. The van der Waals surface area contributed by atoms with E-state index in [0.29, 0.717) is 17.9 Å². The van der Waals surface area contributed by atoms with Crippen LogP contribution in [0.1, 0.15) is 35.8 Å². The molecule has 0 atom stereocenters. The summed E-state index contributed by atoms with van der Waals surface area (Å²) in [5.41, 5.74) is 1.35. The number of benzene rings is 1. The zero-order chi connectivity index (χ0) is 14.4. The topological polar surface area (TPSA) is 57.0 Å². The summed E-state index contributed by atoms with van der Waals surface area (Å²) in [5, 5.41) is 7.73. The fraction of sp³-hybridized carbons (Fsp3) is 0.400. The normalized spacial score (nSPS) is 10.5. The number of ketones is 1. The van der Waals surface area contributed by atoms with Gasteiger partial charge in [-0.25, -0.2) is 0 Å². The van der Waals surface area contributed by atoms with Crippen molar-refractivity contribution in [3.05, 3.63) is 41.7 Å². The fourth-order valence-corrected chi connectivity index (χ4v) is 1.81. The second kappa shape index (κ2) is 6.84. The molecule has 0 N–H and O–H groups in total. The Morgan fingerprint density at radius 1 is 1.30 bits per heavy atom. The van der Waals surface area contributed by atoms with E-state index in [1.165, 1.54) is 0 Å². The minimum Gasteiger partial charge on any atom is -0.494 e. The second-order valence-corrected chi connectivity index (χ2v) is 4.71. The summed E-state index contributed by atoms with van der Waals surface area (Å²) in [6.45, 7) is 2.83. The minimum atomic E-state index is 0.0330. The van der Waals surface area contributed by atoms with E-state index < -0.39 is 0 Å². The predicted octanol–water partition coefficient (Wildman–Crippen LogP) is 2.42. The lowest BCUT2D eigenvalue weighted by atomic mass is 10.1. The molecule has 106 valence electrons. The van der Waals surface area contributed by atoms with E-state index in [9.17, 15) is 4.79 Å². The molecule has 5 heteroatoms. The molecule has 5 nitrogen and oxygen atoms in total. The van der Waals surface area contributed by atoms with Gasteiger partial charge in [0.05, 0.1) is 18.7 Å². The summed E-state index contributed by atoms with van der Waals surface area (Å²) in [6, 6.07) is 7.25. The molecule has 1 aromatic carbocycles. The summed E-state index contributed by atoms with van der Waals surface area (Å²) < 4.78 is 7.16. The first-order chi connectivity index (χ1) is 9.69. The van der Waals surface area contributed by atoms with E-state index in [-0.39, 0.29) is 12.2 Å². The van der Waals surface area contributed by atoms with Gasteiger partial charge in [0, 0.05) is 18.8 Å². The highest BCUT2D eigenvalue weighted by molar-refractivity contribution is 5.97. The summed E-state index contributed by atoms with van der Waals surface area (Å²) in [5.74, 6) is 0.833. The molecule has 1 aromatic heterocycles. The van der Waals surface area contributed by atoms with Crippen molar-refractivity contribution in [2.24, 2.45) is 7.05 Å². The van der Waals surface area contributed by atoms with E-state index >= 15 is 0 Å². The lowest BCUT2D eigenvalue weighted by molar-refractivity contribution is 0.0992. The number of carbonyl (C=O) groups is 1. The van der Waals surface area contributed by atoms with Gasteiger partial charge < -0.3 is 4.74 Å². The van der Waals surface area contributed by atoms with Crippen molar-refractivity contribution in [3.63, 3.8) is 0 Å². The molecule has 0 aliphatic rings. The van der Waals surface area contributed by atoms with Gasteiger partial charge in [0.2, 0.25) is 0 Å². The lowest BCUT2D eigenvalue weighted by Crippen LogP contribution is -2.04. The largest absolute Gasteiger partial charge is 0.494 e. The van der Waals surface area contributed by atoms with E-state index in [1.807, 2.05) is 12.1 Å². The van der Waals surface area contributed by atoms with Gasteiger partial charge in [0.15, 0.2) is 5.78 Å². The number of rotatable bonds is 7. The van der Waals surface area contributed by atoms with Crippen LogP contribution in [0.2, 0.25) is 0 Å². The third kappa shape index (κ3) is 3.91. The van der Waals surface area contributed by atoms with Crippen LogP contribution in [0.3, 0.4) is 0 Å². The maximum atomic E-state index is 12.1. The predicted molar refractivity (Wildman–Crippen MR) is 75.9 cm³/mol. The molecule has 0 amide bonds.